The molecule has 0 saturated carbocycles. The summed E-state index contributed by atoms with van der Waals surface area (Å²) in [6, 6.07) is 10.5. The van der Waals surface area contributed by atoms with Crippen LogP contribution in [0.2, 0.25) is 0 Å². The highest BCUT2D eigenvalue weighted by molar-refractivity contribution is 7.82. The molecule has 1 unspecified atom stereocenters. The number of hydrogen-bond donors (Lipinski definition) is 1. The fraction of sp³-hybridized carbons (Fsp3) is 0.333. The molecule has 0 aliphatic heterocycles. The van der Waals surface area contributed by atoms with Crippen LogP contribution in [0.4, 0.5) is 4.39 Å². The van der Waals surface area contributed by atoms with Crippen LogP contribution in [0.3, 0.4) is 0 Å². The molecular weight excluding hydrogens is 375 g/mol. The third kappa shape index (κ3) is 4.91. The van der Waals surface area contributed by atoms with E-state index in [0.717, 1.165) is 16.7 Å². The van der Waals surface area contributed by atoms with Gasteiger partial charge in [0.15, 0.2) is 5.82 Å². The van der Waals surface area contributed by atoms with Crippen molar-refractivity contribution in [1.29, 1.82) is 0 Å². The molecule has 3 aromatic rings. The number of aromatic nitrogens is 3. The molecule has 1 atom stereocenters. The highest BCUT2D eigenvalue weighted by Crippen LogP contribution is 2.21. The molecule has 0 amide bonds. The normalized spacial score (nSPS) is 11.7. The Morgan fingerprint density at radius 1 is 1.14 bits per heavy atom. The third-order valence-corrected chi connectivity index (χ3v) is 4.99. The van der Waals surface area contributed by atoms with Crippen molar-refractivity contribution < 1.29 is 8.60 Å². The SMILES string of the molecule is CC.CCc1nc(Cc2cc(C)ccc2C)n(-c2ccc(S(N)=O)cc2F)n1. The fourth-order valence-corrected chi connectivity index (χ4v) is 3.22. The predicted octanol–water partition coefficient (Wildman–Crippen LogP) is 4.18. The molecule has 5 nitrogen and oxygen atoms in total. The number of nitrogens with zero attached hydrogens (tertiary/aromatic N) is 3. The lowest BCUT2D eigenvalue weighted by atomic mass is 10.0. The molecule has 0 bridgehead atoms. The van der Waals surface area contributed by atoms with Gasteiger partial charge in [0, 0.05) is 12.8 Å². The minimum Gasteiger partial charge on any atom is -0.248 e. The number of rotatable bonds is 5. The van der Waals surface area contributed by atoms with E-state index < -0.39 is 16.8 Å². The second-order valence-electron chi connectivity index (χ2n) is 6.23. The molecule has 1 aromatic heterocycles. The van der Waals surface area contributed by atoms with E-state index >= 15 is 0 Å². The maximum atomic E-state index is 14.6. The van der Waals surface area contributed by atoms with Gasteiger partial charge in [-0.05, 0) is 43.2 Å². The van der Waals surface area contributed by atoms with Crippen LogP contribution >= 0.6 is 0 Å². The number of nitrogens with two attached hydrogens (primary N) is 1. The summed E-state index contributed by atoms with van der Waals surface area (Å²) < 4.78 is 27.5. The molecule has 0 aliphatic rings. The molecule has 0 radical (unpaired) electrons. The summed E-state index contributed by atoms with van der Waals surface area (Å²) in [5.41, 5.74) is 3.71. The first-order valence-corrected chi connectivity index (χ1v) is 10.6. The topological polar surface area (TPSA) is 73.8 Å². The Morgan fingerprint density at radius 3 is 2.46 bits per heavy atom. The quantitative estimate of drug-likeness (QED) is 0.696. The van der Waals surface area contributed by atoms with Crippen molar-refractivity contribution in [2.75, 3.05) is 0 Å². The van der Waals surface area contributed by atoms with E-state index in [1.165, 1.54) is 16.8 Å². The second kappa shape index (κ2) is 9.71. The minimum absolute atomic E-state index is 0.234. The van der Waals surface area contributed by atoms with Gasteiger partial charge in [-0.2, -0.15) is 5.10 Å². The number of hydrogen-bond acceptors (Lipinski definition) is 3. The van der Waals surface area contributed by atoms with Crippen molar-refractivity contribution in [1.82, 2.24) is 14.8 Å². The van der Waals surface area contributed by atoms with Crippen molar-refractivity contribution in [2.45, 2.75) is 52.4 Å². The zero-order valence-corrected chi connectivity index (χ0v) is 17.8. The summed E-state index contributed by atoms with van der Waals surface area (Å²) in [6.07, 6.45) is 1.20. The van der Waals surface area contributed by atoms with Crippen LogP contribution in [0.25, 0.3) is 5.69 Å². The number of halogens is 1. The van der Waals surface area contributed by atoms with Gasteiger partial charge in [-0.3, -0.25) is 0 Å². The van der Waals surface area contributed by atoms with Crippen molar-refractivity contribution >= 4 is 11.0 Å². The Morgan fingerprint density at radius 2 is 1.86 bits per heavy atom. The molecule has 3 rings (SSSR count). The van der Waals surface area contributed by atoms with E-state index in [9.17, 15) is 8.60 Å². The zero-order chi connectivity index (χ0) is 20.8. The van der Waals surface area contributed by atoms with E-state index in [-0.39, 0.29) is 10.6 Å². The van der Waals surface area contributed by atoms with Gasteiger partial charge in [-0.25, -0.2) is 23.4 Å². The lowest BCUT2D eigenvalue weighted by molar-refractivity contribution is 0.601. The third-order valence-electron chi connectivity index (χ3n) is 4.27. The summed E-state index contributed by atoms with van der Waals surface area (Å²) in [7, 11) is -1.73. The average Bonchev–Trinajstić information content (AvgIpc) is 3.09. The van der Waals surface area contributed by atoms with Crippen molar-refractivity contribution in [3.63, 3.8) is 0 Å². The van der Waals surface area contributed by atoms with Crippen molar-refractivity contribution in [2.24, 2.45) is 5.14 Å². The number of benzene rings is 2. The summed E-state index contributed by atoms with van der Waals surface area (Å²) in [5, 5.41) is 9.77. The smallest absolute Gasteiger partial charge is 0.151 e. The van der Waals surface area contributed by atoms with Gasteiger partial charge < -0.3 is 0 Å². The van der Waals surface area contributed by atoms with E-state index in [1.807, 2.05) is 34.6 Å². The van der Waals surface area contributed by atoms with Gasteiger partial charge in [0.25, 0.3) is 0 Å². The predicted molar refractivity (Wildman–Crippen MR) is 111 cm³/mol. The van der Waals surface area contributed by atoms with Crippen LogP contribution in [-0.2, 0) is 23.8 Å². The zero-order valence-electron chi connectivity index (χ0n) is 17.0. The largest absolute Gasteiger partial charge is 0.248 e. The summed E-state index contributed by atoms with van der Waals surface area (Å²) in [4.78, 5) is 4.80. The summed E-state index contributed by atoms with van der Waals surface area (Å²) >= 11 is 0. The Labute approximate surface area is 168 Å². The molecule has 0 saturated heterocycles. The molecule has 28 heavy (non-hydrogen) atoms. The van der Waals surface area contributed by atoms with Crippen LogP contribution in [0, 0.1) is 19.7 Å². The molecule has 0 aliphatic carbocycles. The van der Waals surface area contributed by atoms with Crippen LogP contribution in [0.1, 0.15) is 49.1 Å². The minimum atomic E-state index is -1.73. The first-order chi connectivity index (χ1) is 13.4. The van der Waals surface area contributed by atoms with Gasteiger partial charge in [-0.15, -0.1) is 0 Å². The molecule has 2 aromatic carbocycles. The van der Waals surface area contributed by atoms with Gasteiger partial charge in [0.05, 0.1) is 4.90 Å². The standard InChI is InChI=1S/C19H21FN4OS.C2H6/c1-4-18-22-19(10-14-9-12(2)5-6-13(14)3)24(23-18)17-8-7-15(26(21)25)11-16(17)20;1-2/h5-9,11H,4,10,21H2,1-3H3;1-2H3. The van der Waals surface area contributed by atoms with E-state index in [2.05, 4.69) is 28.3 Å². The van der Waals surface area contributed by atoms with Crippen molar-refractivity contribution in [3.8, 4) is 5.69 Å². The summed E-state index contributed by atoms with van der Waals surface area (Å²) in [6.45, 7) is 10.0. The van der Waals surface area contributed by atoms with Gasteiger partial charge >= 0.3 is 0 Å². The molecule has 2 N–H and O–H groups in total. The number of aryl methyl sites for hydroxylation is 3. The van der Waals surface area contributed by atoms with Crippen LogP contribution in [0.5, 0.6) is 0 Å². The molecule has 0 fully saturated rings. The fourth-order valence-electron chi connectivity index (χ4n) is 2.79. The molecule has 7 heteroatoms. The maximum Gasteiger partial charge on any atom is 0.151 e. The first kappa shape index (κ1) is 21.9. The lowest BCUT2D eigenvalue weighted by Gasteiger charge is -2.10. The van der Waals surface area contributed by atoms with Crippen LogP contribution < -0.4 is 5.14 Å². The van der Waals surface area contributed by atoms with Crippen LogP contribution in [-0.4, -0.2) is 19.0 Å². The maximum absolute atomic E-state index is 14.6. The van der Waals surface area contributed by atoms with Crippen LogP contribution in [0.15, 0.2) is 41.3 Å². The monoisotopic (exact) mass is 402 g/mol. The molecule has 150 valence electrons. The highest BCUT2D eigenvalue weighted by atomic mass is 32.2. The highest BCUT2D eigenvalue weighted by Gasteiger charge is 2.16. The van der Waals surface area contributed by atoms with Gasteiger partial charge in [-0.1, -0.05) is 44.5 Å². The molecule has 0 spiro atoms. The molecular formula is C21H27FN4OS. The summed E-state index contributed by atoms with van der Waals surface area (Å²) in [5.74, 6) is 0.781. The lowest BCUT2D eigenvalue weighted by Crippen LogP contribution is -2.09. The van der Waals surface area contributed by atoms with E-state index in [1.54, 1.807) is 6.07 Å². The molecule has 1 heterocycles. The van der Waals surface area contributed by atoms with E-state index in [4.69, 9.17) is 5.14 Å². The Hall–Kier alpha value is -2.38. The first-order valence-electron chi connectivity index (χ1n) is 9.36. The average molecular weight is 403 g/mol. The van der Waals surface area contributed by atoms with E-state index in [0.29, 0.717) is 24.5 Å². The van der Waals surface area contributed by atoms with Crippen molar-refractivity contribution in [3.05, 3.63) is 70.6 Å². The Kier molecular flexibility index (Phi) is 7.60. The van der Waals surface area contributed by atoms with Gasteiger partial charge in [0.2, 0.25) is 0 Å². The second-order valence-corrected chi connectivity index (χ2v) is 7.29. The Balaban J connectivity index is 0.00000136. The van der Waals surface area contributed by atoms with Gasteiger partial charge in [0.1, 0.15) is 28.3 Å². The Bertz CT molecular complexity index is 985.